The van der Waals surface area contributed by atoms with Crippen LogP contribution in [0.1, 0.15) is 5.56 Å². The van der Waals surface area contributed by atoms with E-state index in [2.05, 4.69) is 6.58 Å². The van der Waals surface area contributed by atoms with E-state index in [1.54, 1.807) is 11.0 Å². The summed E-state index contributed by atoms with van der Waals surface area (Å²) in [5.41, 5.74) is 1.05. The average molecular weight is 259 g/mol. The highest BCUT2D eigenvalue weighted by Crippen LogP contribution is 2.28. The van der Waals surface area contributed by atoms with Crippen molar-refractivity contribution in [2.24, 2.45) is 11.8 Å². The molecule has 0 aliphatic carbocycles. The van der Waals surface area contributed by atoms with Gasteiger partial charge in [-0.15, -0.1) is 6.58 Å². The minimum atomic E-state index is -0.744. The summed E-state index contributed by atoms with van der Waals surface area (Å²) >= 11 is 0. The van der Waals surface area contributed by atoms with Gasteiger partial charge in [-0.1, -0.05) is 36.4 Å². The van der Waals surface area contributed by atoms with Crippen LogP contribution in [0.25, 0.3) is 0 Å². The lowest BCUT2D eigenvalue weighted by Crippen LogP contribution is -2.31. The lowest BCUT2D eigenvalue weighted by atomic mass is 9.96. The molecule has 1 aromatic rings. The summed E-state index contributed by atoms with van der Waals surface area (Å²) in [4.78, 5) is 25.6. The van der Waals surface area contributed by atoms with Crippen molar-refractivity contribution in [2.75, 3.05) is 13.7 Å². The summed E-state index contributed by atoms with van der Waals surface area (Å²) in [6.07, 6.45) is 1.66. The number of methoxy groups -OCH3 is 1. The molecule has 1 aromatic carbocycles. The molecule has 1 aliphatic rings. The Morgan fingerprint density at radius 2 is 2.16 bits per heavy atom. The van der Waals surface area contributed by atoms with Crippen molar-refractivity contribution < 1.29 is 14.3 Å². The molecule has 0 bridgehead atoms. The first-order valence-electron chi connectivity index (χ1n) is 6.20. The second-order valence-corrected chi connectivity index (χ2v) is 4.60. The average Bonchev–Trinajstić information content (AvgIpc) is 2.76. The molecule has 0 N–H and O–H groups in total. The Morgan fingerprint density at radius 1 is 1.47 bits per heavy atom. The summed E-state index contributed by atoms with van der Waals surface area (Å²) in [6.45, 7) is 4.72. The number of hydrogen-bond acceptors (Lipinski definition) is 3. The van der Waals surface area contributed by atoms with Crippen molar-refractivity contribution in [1.82, 2.24) is 4.90 Å². The number of esters is 1. The van der Waals surface area contributed by atoms with Crippen LogP contribution in [0.4, 0.5) is 0 Å². The molecule has 0 spiro atoms. The Balaban J connectivity index is 2.14. The Hall–Kier alpha value is -2.10. The maximum atomic E-state index is 12.3. The summed E-state index contributed by atoms with van der Waals surface area (Å²) < 4.78 is 4.70. The maximum Gasteiger partial charge on any atom is 0.318 e. The van der Waals surface area contributed by atoms with Gasteiger partial charge in [0.2, 0.25) is 5.91 Å². The van der Waals surface area contributed by atoms with E-state index in [4.69, 9.17) is 4.74 Å². The van der Waals surface area contributed by atoms with Gasteiger partial charge in [-0.3, -0.25) is 9.59 Å². The number of carbonyl (C=O) groups is 2. The SMILES string of the molecule is C=CC1CN(Cc2ccccc2)C(=O)C1C(=O)OC. The molecule has 100 valence electrons. The van der Waals surface area contributed by atoms with Crippen molar-refractivity contribution in [3.8, 4) is 0 Å². The Morgan fingerprint density at radius 3 is 2.74 bits per heavy atom. The number of amides is 1. The van der Waals surface area contributed by atoms with Crippen LogP contribution in [0, 0.1) is 11.8 Å². The van der Waals surface area contributed by atoms with Crippen LogP contribution >= 0.6 is 0 Å². The van der Waals surface area contributed by atoms with Gasteiger partial charge in [-0.2, -0.15) is 0 Å². The third-order valence-corrected chi connectivity index (χ3v) is 3.41. The predicted octanol–water partition coefficient (Wildman–Crippen LogP) is 1.62. The highest BCUT2D eigenvalue weighted by atomic mass is 16.5. The van der Waals surface area contributed by atoms with E-state index in [1.807, 2.05) is 30.3 Å². The van der Waals surface area contributed by atoms with Gasteiger partial charge in [0, 0.05) is 19.0 Å². The number of carbonyl (C=O) groups excluding carboxylic acids is 2. The molecule has 1 fully saturated rings. The van der Waals surface area contributed by atoms with Crippen molar-refractivity contribution in [3.05, 3.63) is 48.6 Å². The normalized spacial score (nSPS) is 22.4. The number of hydrogen-bond donors (Lipinski definition) is 0. The zero-order valence-corrected chi connectivity index (χ0v) is 10.9. The molecular formula is C15H17NO3. The van der Waals surface area contributed by atoms with Crippen LogP contribution in [-0.2, 0) is 20.9 Å². The predicted molar refractivity (Wildman–Crippen MR) is 71.1 cm³/mol. The quantitative estimate of drug-likeness (QED) is 0.469. The zero-order chi connectivity index (χ0) is 13.8. The molecule has 0 radical (unpaired) electrons. The standard InChI is InChI=1S/C15H17NO3/c1-3-12-10-16(9-11-7-5-4-6-8-11)14(17)13(12)15(18)19-2/h3-8,12-13H,1,9-10H2,2H3. The van der Waals surface area contributed by atoms with E-state index in [0.29, 0.717) is 13.1 Å². The number of benzene rings is 1. The van der Waals surface area contributed by atoms with Crippen molar-refractivity contribution in [1.29, 1.82) is 0 Å². The third-order valence-electron chi connectivity index (χ3n) is 3.41. The first kappa shape index (κ1) is 13.3. The van der Waals surface area contributed by atoms with Gasteiger partial charge >= 0.3 is 5.97 Å². The number of nitrogens with zero attached hydrogens (tertiary/aromatic N) is 1. The van der Waals surface area contributed by atoms with Crippen molar-refractivity contribution in [2.45, 2.75) is 6.54 Å². The van der Waals surface area contributed by atoms with E-state index in [9.17, 15) is 9.59 Å². The molecule has 4 heteroatoms. The largest absolute Gasteiger partial charge is 0.468 e. The van der Waals surface area contributed by atoms with E-state index >= 15 is 0 Å². The minimum absolute atomic E-state index is 0.177. The smallest absolute Gasteiger partial charge is 0.318 e. The molecule has 0 saturated carbocycles. The van der Waals surface area contributed by atoms with Crippen LogP contribution < -0.4 is 0 Å². The fourth-order valence-corrected chi connectivity index (χ4v) is 2.39. The Labute approximate surface area is 112 Å². The number of ether oxygens (including phenoxy) is 1. The first-order valence-corrected chi connectivity index (χ1v) is 6.20. The van der Waals surface area contributed by atoms with Crippen molar-refractivity contribution >= 4 is 11.9 Å². The summed E-state index contributed by atoms with van der Waals surface area (Å²) in [5.74, 6) is -1.58. The second-order valence-electron chi connectivity index (χ2n) is 4.60. The molecule has 0 aromatic heterocycles. The second kappa shape index (κ2) is 5.69. The highest BCUT2D eigenvalue weighted by molar-refractivity contribution is 6.00. The summed E-state index contributed by atoms with van der Waals surface area (Å²) in [6, 6.07) is 9.71. The van der Waals surface area contributed by atoms with Crippen molar-refractivity contribution in [3.63, 3.8) is 0 Å². The third kappa shape index (κ3) is 2.67. The van der Waals surface area contributed by atoms with E-state index in [-0.39, 0.29) is 11.8 Å². The van der Waals surface area contributed by atoms with Gasteiger partial charge in [-0.25, -0.2) is 0 Å². The fraction of sp³-hybridized carbons (Fsp3) is 0.333. The van der Waals surface area contributed by atoms with Gasteiger partial charge < -0.3 is 9.64 Å². The molecule has 19 heavy (non-hydrogen) atoms. The zero-order valence-electron chi connectivity index (χ0n) is 10.9. The Kier molecular flexibility index (Phi) is 4.00. The minimum Gasteiger partial charge on any atom is -0.468 e. The fourth-order valence-electron chi connectivity index (χ4n) is 2.39. The van der Waals surface area contributed by atoms with Crippen LogP contribution in [0.15, 0.2) is 43.0 Å². The molecular weight excluding hydrogens is 242 g/mol. The lowest BCUT2D eigenvalue weighted by Gasteiger charge is -2.16. The molecule has 1 saturated heterocycles. The Bertz CT molecular complexity index is 483. The van der Waals surface area contributed by atoms with Crippen LogP contribution in [-0.4, -0.2) is 30.4 Å². The van der Waals surface area contributed by atoms with E-state index < -0.39 is 11.9 Å². The van der Waals surface area contributed by atoms with Gasteiger partial charge in [0.15, 0.2) is 0 Å². The molecule has 2 rings (SSSR count). The molecule has 2 atom stereocenters. The van der Waals surface area contributed by atoms with Gasteiger partial charge in [0.25, 0.3) is 0 Å². The molecule has 1 heterocycles. The summed E-state index contributed by atoms with van der Waals surface area (Å²) in [5, 5.41) is 0. The first-order chi connectivity index (χ1) is 9.17. The van der Waals surface area contributed by atoms with Crippen LogP contribution in [0.5, 0.6) is 0 Å². The maximum absolute atomic E-state index is 12.3. The van der Waals surface area contributed by atoms with E-state index in [0.717, 1.165) is 5.56 Å². The lowest BCUT2D eigenvalue weighted by molar-refractivity contribution is -0.151. The highest BCUT2D eigenvalue weighted by Gasteiger charge is 2.44. The number of likely N-dealkylation sites (tertiary alicyclic amines) is 1. The summed E-state index contributed by atoms with van der Waals surface area (Å²) in [7, 11) is 1.30. The van der Waals surface area contributed by atoms with Crippen LogP contribution in [0.2, 0.25) is 0 Å². The van der Waals surface area contributed by atoms with Gasteiger partial charge in [-0.05, 0) is 5.56 Å². The molecule has 1 aliphatic heterocycles. The topological polar surface area (TPSA) is 46.6 Å². The van der Waals surface area contributed by atoms with Gasteiger partial charge in [0.05, 0.1) is 7.11 Å². The molecule has 1 amide bonds. The monoisotopic (exact) mass is 259 g/mol. The van der Waals surface area contributed by atoms with E-state index in [1.165, 1.54) is 7.11 Å². The van der Waals surface area contributed by atoms with Gasteiger partial charge in [0.1, 0.15) is 5.92 Å². The molecule has 4 nitrogen and oxygen atoms in total. The number of rotatable bonds is 4. The molecule has 2 unspecified atom stereocenters. The van der Waals surface area contributed by atoms with Crippen LogP contribution in [0.3, 0.4) is 0 Å².